The Hall–Kier alpha value is -1.84. The van der Waals surface area contributed by atoms with E-state index < -0.39 is 0 Å². The van der Waals surface area contributed by atoms with E-state index in [0.29, 0.717) is 6.54 Å². The van der Waals surface area contributed by atoms with Gasteiger partial charge in [-0.25, -0.2) is 4.79 Å². The number of anilines is 1. The number of hydrogen-bond donors (Lipinski definition) is 1. The van der Waals surface area contributed by atoms with Gasteiger partial charge in [-0.1, -0.05) is 19.9 Å². The Balaban J connectivity index is 2.28. The fraction of sp³-hybridized carbons (Fsp3) is 0.429. The highest BCUT2D eigenvalue weighted by molar-refractivity contribution is 6.06. The van der Waals surface area contributed by atoms with Gasteiger partial charge in [0.2, 0.25) is 5.91 Å². The molecule has 96 valence electrons. The highest BCUT2D eigenvalue weighted by atomic mass is 16.2. The standard InChI is InChI=1S/C14H18N2O2/c1-4-11-5-6-12(7-9(11)2)16-8-10(3)13(17)15-14(16)18/h5-7,10H,4,8H2,1-3H3,(H,15,17,18). The highest BCUT2D eigenvalue weighted by Crippen LogP contribution is 2.22. The zero-order chi connectivity index (χ0) is 13.3. The molecule has 1 atom stereocenters. The quantitative estimate of drug-likeness (QED) is 0.870. The largest absolute Gasteiger partial charge is 0.328 e. The van der Waals surface area contributed by atoms with Crippen molar-refractivity contribution in [1.82, 2.24) is 5.32 Å². The Labute approximate surface area is 107 Å². The van der Waals surface area contributed by atoms with E-state index in [1.54, 1.807) is 4.90 Å². The zero-order valence-corrected chi connectivity index (χ0v) is 11.0. The van der Waals surface area contributed by atoms with Crippen LogP contribution in [0.1, 0.15) is 25.0 Å². The lowest BCUT2D eigenvalue weighted by Gasteiger charge is -2.30. The molecule has 1 heterocycles. The minimum atomic E-state index is -0.332. The predicted octanol–water partition coefficient (Wildman–Crippen LogP) is 2.25. The summed E-state index contributed by atoms with van der Waals surface area (Å²) in [5, 5.41) is 2.37. The second kappa shape index (κ2) is 4.80. The topological polar surface area (TPSA) is 49.4 Å². The third-order valence-corrected chi connectivity index (χ3v) is 3.40. The van der Waals surface area contributed by atoms with E-state index in [4.69, 9.17) is 0 Å². The molecule has 1 fully saturated rings. The van der Waals surface area contributed by atoms with E-state index in [2.05, 4.69) is 12.2 Å². The van der Waals surface area contributed by atoms with Crippen molar-refractivity contribution in [2.45, 2.75) is 27.2 Å². The van der Waals surface area contributed by atoms with Crippen molar-refractivity contribution >= 4 is 17.6 Å². The van der Waals surface area contributed by atoms with Gasteiger partial charge in [0.15, 0.2) is 0 Å². The number of nitrogens with zero attached hydrogens (tertiary/aromatic N) is 1. The Morgan fingerprint density at radius 2 is 2.11 bits per heavy atom. The predicted molar refractivity (Wildman–Crippen MR) is 70.6 cm³/mol. The third-order valence-electron chi connectivity index (χ3n) is 3.40. The first-order valence-corrected chi connectivity index (χ1v) is 6.24. The van der Waals surface area contributed by atoms with E-state index in [0.717, 1.165) is 12.1 Å². The maximum absolute atomic E-state index is 11.8. The number of carbonyl (C=O) groups excluding carboxylic acids is 2. The van der Waals surface area contributed by atoms with Crippen LogP contribution in [0.2, 0.25) is 0 Å². The lowest BCUT2D eigenvalue weighted by atomic mass is 10.0. The molecule has 0 spiro atoms. The van der Waals surface area contributed by atoms with Crippen LogP contribution in [0.15, 0.2) is 18.2 Å². The average Bonchev–Trinajstić information content (AvgIpc) is 2.33. The van der Waals surface area contributed by atoms with E-state index >= 15 is 0 Å². The van der Waals surface area contributed by atoms with Gasteiger partial charge in [0.1, 0.15) is 0 Å². The van der Waals surface area contributed by atoms with E-state index in [-0.39, 0.29) is 17.9 Å². The molecule has 0 bridgehead atoms. The maximum Gasteiger partial charge on any atom is 0.328 e. The number of amides is 3. The van der Waals surface area contributed by atoms with Gasteiger partial charge in [-0.2, -0.15) is 0 Å². The summed E-state index contributed by atoms with van der Waals surface area (Å²) in [4.78, 5) is 24.8. The lowest BCUT2D eigenvalue weighted by molar-refractivity contribution is -0.123. The molecule has 1 N–H and O–H groups in total. The molecule has 2 rings (SSSR count). The van der Waals surface area contributed by atoms with E-state index in [1.807, 2.05) is 32.0 Å². The Morgan fingerprint density at radius 3 is 2.72 bits per heavy atom. The van der Waals surface area contributed by atoms with Gasteiger partial charge in [-0.15, -0.1) is 0 Å². The van der Waals surface area contributed by atoms with Crippen molar-refractivity contribution in [1.29, 1.82) is 0 Å². The SMILES string of the molecule is CCc1ccc(N2CC(C)C(=O)NC2=O)cc1C. The summed E-state index contributed by atoms with van der Waals surface area (Å²) < 4.78 is 0. The van der Waals surface area contributed by atoms with Crippen LogP contribution < -0.4 is 10.2 Å². The number of carbonyl (C=O) groups is 2. The summed E-state index contributed by atoms with van der Waals surface area (Å²) in [6.07, 6.45) is 0.979. The summed E-state index contributed by atoms with van der Waals surface area (Å²) in [5.74, 6) is -0.369. The smallest absolute Gasteiger partial charge is 0.293 e. The number of benzene rings is 1. The van der Waals surface area contributed by atoms with Crippen LogP contribution in [-0.4, -0.2) is 18.5 Å². The summed E-state index contributed by atoms with van der Waals surface area (Å²) in [6.45, 7) is 6.41. The Morgan fingerprint density at radius 1 is 1.39 bits per heavy atom. The highest BCUT2D eigenvalue weighted by Gasteiger charge is 2.29. The first kappa shape index (κ1) is 12.6. The van der Waals surface area contributed by atoms with Gasteiger partial charge in [0.25, 0.3) is 0 Å². The van der Waals surface area contributed by atoms with Crippen LogP contribution in [0.4, 0.5) is 10.5 Å². The van der Waals surface area contributed by atoms with Crippen LogP contribution in [0.5, 0.6) is 0 Å². The molecule has 0 saturated carbocycles. The van der Waals surface area contributed by atoms with Gasteiger partial charge < -0.3 is 0 Å². The average molecular weight is 246 g/mol. The van der Waals surface area contributed by atoms with E-state index in [9.17, 15) is 9.59 Å². The molecule has 1 aliphatic rings. The van der Waals surface area contributed by atoms with Crippen LogP contribution in [0.25, 0.3) is 0 Å². The zero-order valence-electron chi connectivity index (χ0n) is 11.0. The minimum absolute atomic E-state index is 0.172. The minimum Gasteiger partial charge on any atom is -0.293 e. The second-order valence-corrected chi connectivity index (χ2v) is 4.77. The van der Waals surface area contributed by atoms with E-state index in [1.165, 1.54) is 11.1 Å². The first-order chi connectivity index (χ1) is 8.52. The maximum atomic E-state index is 11.8. The molecule has 1 unspecified atom stereocenters. The van der Waals surface area contributed by atoms with Crippen molar-refractivity contribution in [2.24, 2.45) is 5.92 Å². The number of rotatable bonds is 2. The molecule has 1 saturated heterocycles. The molecule has 0 radical (unpaired) electrons. The molecule has 4 nitrogen and oxygen atoms in total. The normalized spacial score (nSPS) is 19.9. The summed E-state index contributed by atoms with van der Waals surface area (Å²) >= 11 is 0. The molecule has 1 aromatic carbocycles. The van der Waals surface area contributed by atoms with Gasteiger partial charge in [-0.05, 0) is 36.6 Å². The van der Waals surface area contributed by atoms with Crippen LogP contribution in [-0.2, 0) is 11.2 Å². The molecule has 3 amide bonds. The summed E-state index contributed by atoms with van der Waals surface area (Å²) in [6, 6.07) is 5.65. The molecule has 0 aliphatic carbocycles. The molecule has 1 aliphatic heterocycles. The van der Waals surface area contributed by atoms with Crippen molar-refractivity contribution in [3.05, 3.63) is 29.3 Å². The molecule has 4 heteroatoms. The fourth-order valence-electron chi connectivity index (χ4n) is 2.20. The Bertz CT molecular complexity index is 497. The number of nitrogens with one attached hydrogen (secondary N) is 1. The lowest BCUT2D eigenvalue weighted by Crippen LogP contribution is -2.53. The monoisotopic (exact) mass is 246 g/mol. The van der Waals surface area contributed by atoms with Gasteiger partial charge in [-0.3, -0.25) is 15.0 Å². The van der Waals surface area contributed by atoms with Gasteiger partial charge >= 0.3 is 6.03 Å². The summed E-state index contributed by atoms with van der Waals surface area (Å²) in [7, 11) is 0. The number of hydrogen-bond acceptors (Lipinski definition) is 2. The molecular weight excluding hydrogens is 228 g/mol. The second-order valence-electron chi connectivity index (χ2n) is 4.77. The van der Waals surface area contributed by atoms with Crippen molar-refractivity contribution < 1.29 is 9.59 Å². The Kier molecular flexibility index (Phi) is 3.36. The fourth-order valence-corrected chi connectivity index (χ4v) is 2.20. The van der Waals surface area contributed by atoms with Gasteiger partial charge in [0, 0.05) is 12.2 Å². The summed E-state index contributed by atoms with van der Waals surface area (Å²) in [5.41, 5.74) is 3.30. The number of imide groups is 1. The molecule has 0 aromatic heterocycles. The number of urea groups is 1. The van der Waals surface area contributed by atoms with Crippen LogP contribution in [0, 0.1) is 12.8 Å². The third kappa shape index (κ3) is 2.23. The van der Waals surface area contributed by atoms with Crippen molar-refractivity contribution in [3.63, 3.8) is 0 Å². The first-order valence-electron chi connectivity index (χ1n) is 6.24. The number of aryl methyl sites for hydroxylation is 2. The molecule has 18 heavy (non-hydrogen) atoms. The van der Waals surface area contributed by atoms with Crippen LogP contribution >= 0.6 is 0 Å². The molecular formula is C14H18N2O2. The van der Waals surface area contributed by atoms with Gasteiger partial charge in [0.05, 0.1) is 5.92 Å². The van der Waals surface area contributed by atoms with Crippen molar-refractivity contribution in [2.75, 3.05) is 11.4 Å². The van der Waals surface area contributed by atoms with Crippen molar-refractivity contribution in [3.8, 4) is 0 Å². The van der Waals surface area contributed by atoms with Crippen LogP contribution in [0.3, 0.4) is 0 Å². The molecule has 1 aromatic rings.